The molecule has 240 valence electrons. The number of nitrogens with one attached hydrogen (secondary N) is 1. The first-order valence-electron chi connectivity index (χ1n) is 14.6. The van der Waals surface area contributed by atoms with Crippen LogP contribution in [-0.4, -0.2) is 103 Å². The number of hydrogen-bond acceptors (Lipinski definition) is 9. The number of carbonyl (C=O) groups excluding carboxylic acids is 2. The molecule has 2 atom stereocenters. The van der Waals surface area contributed by atoms with Gasteiger partial charge in [0.25, 0.3) is 6.47 Å². The Kier molecular flexibility index (Phi) is 9.33. The van der Waals surface area contributed by atoms with Gasteiger partial charge in [-0.2, -0.15) is 5.26 Å². The van der Waals surface area contributed by atoms with Crippen LogP contribution in [0.3, 0.4) is 0 Å². The lowest BCUT2D eigenvalue weighted by Crippen LogP contribution is -2.51. The van der Waals surface area contributed by atoms with E-state index in [9.17, 15) is 23.3 Å². The minimum Gasteiger partial charge on any atom is -0.483 e. The van der Waals surface area contributed by atoms with E-state index in [0.29, 0.717) is 36.4 Å². The van der Waals surface area contributed by atoms with Crippen LogP contribution in [0.25, 0.3) is 0 Å². The molecule has 45 heavy (non-hydrogen) atoms. The Morgan fingerprint density at radius 3 is 2.31 bits per heavy atom. The highest BCUT2D eigenvalue weighted by Gasteiger charge is 2.58. The van der Waals surface area contributed by atoms with E-state index in [1.165, 1.54) is 11.0 Å². The number of sulfone groups is 1. The lowest BCUT2D eigenvalue weighted by Gasteiger charge is -2.34. The summed E-state index contributed by atoms with van der Waals surface area (Å²) in [6.45, 7) is 3.01. The summed E-state index contributed by atoms with van der Waals surface area (Å²) >= 11 is 12.6. The number of carboxylic acid groups (broad SMARTS) is 1. The number of carbonyl (C=O) groups is 3. The fourth-order valence-electron chi connectivity index (χ4n) is 6.05. The van der Waals surface area contributed by atoms with Gasteiger partial charge in [0.2, 0.25) is 11.8 Å². The number of nitriles is 1. The Labute approximate surface area is 271 Å². The Balaban J connectivity index is 0.00000128. The van der Waals surface area contributed by atoms with Gasteiger partial charge in [-0.05, 0) is 69.0 Å². The average Bonchev–Trinajstić information content (AvgIpc) is 3.94. The van der Waals surface area contributed by atoms with Crippen LogP contribution in [0.5, 0.6) is 0 Å². The molecule has 4 fully saturated rings. The van der Waals surface area contributed by atoms with Gasteiger partial charge in [-0.25, -0.2) is 13.4 Å². The van der Waals surface area contributed by atoms with Gasteiger partial charge in [0.05, 0.1) is 26.7 Å². The molecule has 1 aromatic heterocycles. The highest BCUT2D eigenvalue weighted by atomic mass is 35.5. The summed E-state index contributed by atoms with van der Waals surface area (Å²) < 4.78 is 28.0. The molecule has 6 rings (SSSR count). The number of halogens is 2. The fraction of sp³-hybridized carbons (Fsp3) is 0.500. The second kappa shape index (κ2) is 12.7. The third kappa shape index (κ3) is 6.60. The number of pyridine rings is 1. The van der Waals surface area contributed by atoms with Crippen molar-refractivity contribution in [1.82, 2.24) is 20.1 Å². The van der Waals surface area contributed by atoms with Crippen molar-refractivity contribution < 1.29 is 27.9 Å². The molecule has 2 aliphatic heterocycles. The van der Waals surface area contributed by atoms with Crippen LogP contribution in [-0.2, 0) is 29.6 Å². The van der Waals surface area contributed by atoms with Crippen molar-refractivity contribution in [3.8, 4) is 6.07 Å². The molecule has 12 nitrogen and oxygen atoms in total. The van der Waals surface area contributed by atoms with Gasteiger partial charge >= 0.3 is 0 Å². The number of rotatable bonds is 7. The normalized spacial score (nSPS) is 23.2. The second-order valence-electron chi connectivity index (χ2n) is 12.0. The monoisotopic (exact) mass is 676 g/mol. The van der Waals surface area contributed by atoms with Crippen LogP contribution in [0.2, 0.25) is 10.2 Å². The molecule has 0 unspecified atom stereocenters. The van der Waals surface area contributed by atoms with Gasteiger partial charge in [-0.1, -0.05) is 29.3 Å². The van der Waals surface area contributed by atoms with E-state index in [1.807, 2.05) is 0 Å². The average molecular weight is 678 g/mol. The van der Waals surface area contributed by atoms with Gasteiger partial charge in [0, 0.05) is 44.6 Å². The number of hydrogen-bond donors (Lipinski definition) is 2. The van der Waals surface area contributed by atoms with E-state index in [0.717, 1.165) is 31.9 Å². The lowest BCUT2D eigenvalue weighted by molar-refractivity contribution is -0.140. The zero-order chi connectivity index (χ0) is 32.6. The van der Waals surface area contributed by atoms with Gasteiger partial charge in [-0.15, -0.1) is 0 Å². The van der Waals surface area contributed by atoms with Gasteiger partial charge in [-0.3, -0.25) is 14.4 Å². The van der Waals surface area contributed by atoms with E-state index < -0.39 is 38.0 Å². The first-order chi connectivity index (χ1) is 21.4. The molecule has 2 saturated heterocycles. The number of benzene rings is 1. The molecule has 3 heterocycles. The van der Waals surface area contributed by atoms with Crippen LogP contribution < -0.4 is 10.2 Å². The van der Waals surface area contributed by atoms with E-state index in [-0.39, 0.29) is 35.3 Å². The highest BCUT2D eigenvalue weighted by molar-refractivity contribution is 7.92. The molecule has 0 bridgehead atoms. The van der Waals surface area contributed by atoms with Crippen molar-refractivity contribution >= 4 is 57.0 Å². The third-order valence-corrected chi connectivity index (χ3v) is 12.0. The molecule has 2 amide bonds. The van der Waals surface area contributed by atoms with Crippen molar-refractivity contribution in [1.29, 1.82) is 5.26 Å². The molecule has 2 N–H and O–H groups in total. The maximum atomic E-state index is 14.1. The summed E-state index contributed by atoms with van der Waals surface area (Å²) in [5.74, 6) is -0.829. The molecule has 2 saturated carbocycles. The quantitative estimate of drug-likeness (QED) is 0.329. The predicted molar refractivity (Wildman–Crippen MR) is 167 cm³/mol. The highest BCUT2D eigenvalue weighted by Crippen LogP contribution is 2.51. The topological polar surface area (TPSA) is 164 Å². The summed E-state index contributed by atoms with van der Waals surface area (Å²) in [6, 6.07) is 9.43. The van der Waals surface area contributed by atoms with E-state index in [2.05, 4.69) is 33.2 Å². The number of amides is 2. The molecule has 2 aliphatic carbocycles. The van der Waals surface area contributed by atoms with Crippen molar-refractivity contribution in [2.24, 2.45) is 0 Å². The summed E-state index contributed by atoms with van der Waals surface area (Å²) in [4.78, 5) is 45.9. The minimum atomic E-state index is -4.01. The fourth-order valence-corrected chi connectivity index (χ4v) is 8.40. The van der Waals surface area contributed by atoms with Crippen molar-refractivity contribution in [3.05, 3.63) is 52.3 Å². The second-order valence-corrected chi connectivity index (χ2v) is 15.0. The Morgan fingerprint density at radius 1 is 1.11 bits per heavy atom. The molecular formula is C30H34Cl2N6O6S. The SMILES string of the molecule is CN1CCN(c2ccc(S(=O)(=O)[C@@H]3C[C@@H](C(=O)NC4(C#N)CC4)N(C(=O)C4(c5ccc(Cl)nc5)CC4)C3)c(Cl)c2)CC1.O=CO. The molecule has 15 heteroatoms. The van der Waals surface area contributed by atoms with Crippen LogP contribution in [0, 0.1) is 11.3 Å². The number of aromatic nitrogens is 1. The summed E-state index contributed by atoms with van der Waals surface area (Å²) in [7, 11) is -1.95. The van der Waals surface area contributed by atoms with Gasteiger partial charge in [0.1, 0.15) is 16.7 Å². The van der Waals surface area contributed by atoms with Crippen molar-refractivity contribution in [3.63, 3.8) is 0 Å². The summed E-state index contributed by atoms with van der Waals surface area (Å²) in [5.41, 5.74) is -0.308. The summed E-state index contributed by atoms with van der Waals surface area (Å²) in [5, 5.41) is 18.6. The van der Waals surface area contributed by atoms with Crippen molar-refractivity contribution in [2.45, 2.75) is 59.2 Å². The standard InChI is InChI=1S/C29H32Cl2N6O4S.CH2O2/c1-35-10-12-36(13-11-35)20-3-4-24(22(30)14-20)42(40,41)21-15-23(26(38)34-28(18-32)6-7-28)37(17-21)27(39)29(8-9-29)19-2-5-25(31)33-16-19;2-1-3/h2-5,14,16,21,23H,6-13,15,17H2,1H3,(H,34,38);1H,(H,2,3)/t21-,23+;/m1./s1. The zero-order valence-electron chi connectivity index (χ0n) is 24.7. The minimum absolute atomic E-state index is 0.0146. The molecule has 4 aliphatic rings. The third-order valence-electron chi connectivity index (χ3n) is 9.12. The van der Waals surface area contributed by atoms with Crippen LogP contribution in [0.15, 0.2) is 41.4 Å². The van der Waals surface area contributed by atoms with E-state index in [1.54, 1.807) is 30.5 Å². The molecule has 0 spiro atoms. The maximum Gasteiger partial charge on any atom is 0.290 e. The van der Waals surface area contributed by atoms with Crippen LogP contribution in [0.1, 0.15) is 37.7 Å². The summed E-state index contributed by atoms with van der Waals surface area (Å²) in [6.07, 6.45) is 3.62. The first kappa shape index (κ1) is 32.9. The Morgan fingerprint density at radius 2 is 1.78 bits per heavy atom. The van der Waals surface area contributed by atoms with E-state index >= 15 is 0 Å². The Hall–Kier alpha value is -3.44. The van der Waals surface area contributed by atoms with E-state index in [4.69, 9.17) is 33.1 Å². The number of anilines is 1. The smallest absolute Gasteiger partial charge is 0.290 e. The Bertz CT molecular complexity index is 1620. The number of piperazine rings is 1. The zero-order valence-corrected chi connectivity index (χ0v) is 27.0. The molecule has 2 aromatic rings. The lowest BCUT2D eigenvalue weighted by atomic mass is 9.95. The van der Waals surface area contributed by atoms with Gasteiger partial charge in [0.15, 0.2) is 9.84 Å². The van der Waals surface area contributed by atoms with Crippen molar-refractivity contribution in [2.75, 3.05) is 44.7 Å². The molecular weight excluding hydrogens is 643 g/mol. The first-order valence-corrected chi connectivity index (χ1v) is 16.9. The van der Waals surface area contributed by atoms with Crippen LogP contribution in [0.4, 0.5) is 5.69 Å². The number of likely N-dealkylation sites (tertiary alicyclic amines) is 1. The largest absolute Gasteiger partial charge is 0.483 e. The maximum absolute atomic E-state index is 14.1. The molecule has 0 radical (unpaired) electrons. The van der Waals surface area contributed by atoms with Gasteiger partial charge < -0.3 is 25.1 Å². The number of nitrogens with zero attached hydrogens (tertiary/aromatic N) is 5. The molecule has 1 aromatic carbocycles. The van der Waals surface area contributed by atoms with Crippen LogP contribution >= 0.6 is 23.2 Å². The predicted octanol–water partition coefficient (Wildman–Crippen LogP) is 2.49. The number of likely N-dealkylation sites (N-methyl/N-ethyl adjacent to an activating group) is 1.